The molecule has 0 N–H and O–H groups in total. The largest absolute Gasteiger partial charge is 0.494 e. The molecule has 29 heavy (non-hydrogen) atoms. The van der Waals surface area contributed by atoms with Crippen LogP contribution in [-0.4, -0.2) is 6.61 Å². The SMILES string of the molecule is CCCCOc1ccc(C#Cc2ccc([C@H]3CC[C@H](CCCC)CC3)cc2)cc1. The van der Waals surface area contributed by atoms with Crippen molar-refractivity contribution < 1.29 is 4.74 Å². The molecule has 0 atom stereocenters. The molecule has 2 aromatic rings. The van der Waals surface area contributed by atoms with Gasteiger partial charge >= 0.3 is 0 Å². The van der Waals surface area contributed by atoms with Gasteiger partial charge < -0.3 is 4.74 Å². The van der Waals surface area contributed by atoms with E-state index in [0.29, 0.717) is 0 Å². The number of benzene rings is 2. The second kappa shape index (κ2) is 11.7. The molecule has 0 aromatic heterocycles. The van der Waals surface area contributed by atoms with E-state index in [1.165, 1.54) is 50.5 Å². The molecule has 1 saturated carbocycles. The lowest BCUT2D eigenvalue weighted by Gasteiger charge is -2.28. The highest BCUT2D eigenvalue weighted by Crippen LogP contribution is 2.37. The summed E-state index contributed by atoms with van der Waals surface area (Å²) in [5, 5.41) is 0. The molecule has 0 spiro atoms. The zero-order chi connectivity index (χ0) is 20.3. The Labute approximate surface area is 177 Å². The normalized spacial score (nSPS) is 18.7. The van der Waals surface area contributed by atoms with E-state index in [9.17, 15) is 0 Å². The first-order valence-corrected chi connectivity index (χ1v) is 11.6. The Morgan fingerprint density at radius 1 is 0.759 bits per heavy atom. The summed E-state index contributed by atoms with van der Waals surface area (Å²) in [6.45, 7) is 5.26. The average molecular weight is 389 g/mol. The van der Waals surface area contributed by atoms with E-state index in [0.717, 1.165) is 48.2 Å². The Kier molecular flexibility index (Phi) is 8.69. The Hall–Kier alpha value is -2.20. The van der Waals surface area contributed by atoms with Crippen LogP contribution in [0.15, 0.2) is 48.5 Å². The molecule has 0 heterocycles. The summed E-state index contributed by atoms with van der Waals surface area (Å²) < 4.78 is 5.71. The molecular weight excluding hydrogens is 352 g/mol. The minimum Gasteiger partial charge on any atom is -0.494 e. The van der Waals surface area contributed by atoms with Crippen LogP contribution in [0.4, 0.5) is 0 Å². The molecule has 1 heteroatoms. The highest BCUT2D eigenvalue weighted by atomic mass is 16.5. The maximum Gasteiger partial charge on any atom is 0.119 e. The van der Waals surface area contributed by atoms with Gasteiger partial charge in [-0.25, -0.2) is 0 Å². The predicted octanol–water partition coefficient (Wildman–Crippen LogP) is 7.73. The van der Waals surface area contributed by atoms with E-state index in [-0.39, 0.29) is 0 Å². The fourth-order valence-electron chi connectivity index (χ4n) is 4.23. The standard InChI is InChI=1S/C28H36O/c1-3-5-7-23-10-16-26(17-11-23)27-18-12-24(13-19-27)8-9-25-14-20-28(21-15-25)29-22-6-4-2/h12-15,18-21,23,26H,3-7,10-11,16-17,22H2,1-2H3/t23-,26-. The van der Waals surface area contributed by atoms with Crippen molar-refractivity contribution in [2.75, 3.05) is 6.61 Å². The van der Waals surface area contributed by atoms with Crippen LogP contribution in [0.1, 0.15) is 94.2 Å². The van der Waals surface area contributed by atoms with E-state index in [4.69, 9.17) is 4.74 Å². The third kappa shape index (κ3) is 6.97. The summed E-state index contributed by atoms with van der Waals surface area (Å²) in [6, 6.07) is 17.1. The first kappa shape index (κ1) is 21.5. The maximum absolute atomic E-state index is 5.71. The van der Waals surface area contributed by atoms with Crippen molar-refractivity contribution in [1.82, 2.24) is 0 Å². The van der Waals surface area contributed by atoms with Crippen molar-refractivity contribution >= 4 is 0 Å². The van der Waals surface area contributed by atoms with Crippen molar-refractivity contribution in [2.24, 2.45) is 5.92 Å². The zero-order valence-electron chi connectivity index (χ0n) is 18.3. The van der Waals surface area contributed by atoms with Gasteiger partial charge in [0.2, 0.25) is 0 Å². The molecule has 1 nitrogen and oxygen atoms in total. The van der Waals surface area contributed by atoms with Gasteiger partial charge in [0, 0.05) is 11.1 Å². The van der Waals surface area contributed by atoms with Gasteiger partial charge in [-0.05, 0) is 85.9 Å². The van der Waals surface area contributed by atoms with E-state index in [1.54, 1.807) is 0 Å². The fourth-order valence-corrected chi connectivity index (χ4v) is 4.23. The van der Waals surface area contributed by atoms with Crippen LogP contribution in [-0.2, 0) is 0 Å². The van der Waals surface area contributed by atoms with Crippen molar-refractivity contribution in [3.8, 4) is 17.6 Å². The van der Waals surface area contributed by atoms with E-state index >= 15 is 0 Å². The van der Waals surface area contributed by atoms with Crippen LogP contribution in [0.3, 0.4) is 0 Å². The second-order valence-electron chi connectivity index (χ2n) is 8.46. The highest BCUT2D eigenvalue weighted by Gasteiger charge is 2.21. The molecule has 1 aliphatic rings. The highest BCUT2D eigenvalue weighted by molar-refractivity contribution is 5.45. The van der Waals surface area contributed by atoms with Gasteiger partial charge in [-0.1, -0.05) is 63.5 Å². The summed E-state index contributed by atoms with van der Waals surface area (Å²) in [5.74, 6) is 9.22. The quantitative estimate of drug-likeness (QED) is 0.332. The Balaban J connectivity index is 1.51. The first-order valence-electron chi connectivity index (χ1n) is 11.6. The zero-order valence-corrected chi connectivity index (χ0v) is 18.3. The molecule has 0 unspecified atom stereocenters. The van der Waals surface area contributed by atoms with Crippen molar-refractivity contribution in [2.45, 2.75) is 77.6 Å². The maximum atomic E-state index is 5.71. The van der Waals surface area contributed by atoms with Gasteiger partial charge in [-0.3, -0.25) is 0 Å². The van der Waals surface area contributed by atoms with Crippen molar-refractivity contribution in [3.63, 3.8) is 0 Å². The van der Waals surface area contributed by atoms with Gasteiger partial charge in [0.1, 0.15) is 5.75 Å². The van der Waals surface area contributed by atoms with Crippen LogP contribution in [0.5, 0.6) is 5.75 Å². The fraction of sp³-hybridized carbons (Fsp3) is 0.500. The lowest BCUT2D eigenvalue weighted by Crippen LogP contribution is -2.13. The monoisotopic (exact) mass is 388 g/mol. The lowest BCUT2D eigenvalue weighted by molar-refractivity contribution is 0.304. The summed E-state index contributed by atoms with van der Waals surface area (Å²) in [4.78, 5) is 0. The van der Waals surface area contributed by atoms with E-state index in [2.05, 4.69) is 50.0 Å². The molecule has 0 amide bonds. The minimum atomic E-state index is 0.745. The number of hydrogen-bond acceptors (Lipinski definition) is 1. The third-order valence-electron chi connectivity index (χ3n) is 6.17. The molecule has 3 rings (SSSR count). The lowest BCUT2D eigenvalue weighted by atomic mass is 9.77. The van der Waals surface area contributed by atoms with Crippen LogP contribution < -0.4 is 4.74 Å². The molecule has 0 aliphatic heterocycles. The van der Waals surface area contributed by atoms with Gasteiger partial charge in [-0.2, -0.15) is 0 Å². The van der Waals surface area contributed by atoms with Gasteiger partial charge in [0.05, 0.1) is 6.61 Å². The summed E-state index contributed by atoms with van der Waals surface area (Å²) in [7, 11) is 0. The average Bonchev–Trinajstić information content (AvgIpc) is 2.78. The number of unbranched alkanes of at least 4 members (excludes halogenated alkanes) is 2. The summed E-state index contributed by atoms with van der Waals surface area (Å²) >= 11 is 0. The number of ether oxygens (including phenoxy) is 1. The summed E-state index contributed by atoms with van der Waals surface area (Å²) in [5.41, 5.74) is 3.62. The Morgan fingerprint density at radius 2 is 1.34 bits per heavy atom. The number of rotatable bonds is 8. The van der Waals surface area contributed by atoms with Crippen molar-refractivity contribution in [3.05, 3.63) is 65.2 Å². The minimum absolute atomic E-state index is 0.745. The van der Waals surface area contributed by atoms with E-state index in [1.807, 2.05) is 24.3 Å². The smallest absolute Gasteiger partial charge is 0.119 e. The molecule has 1 fully saturated rings. The molecule has 2 aromatic carbocycles. The molecule has 1 aliphatic carbocycles. The Morgan fingerprint density at radius 3 is 1.93 bits per heavy atom. The predicted molar refractivity (Wildman–Crippen MR) is 123 cm³/mol. The van der Waals surface area contributed by atoms with Crippen LogP contribution in [0.2, 0.25) is 0 Å². The van der Waals surface area contributed by atoms with E-state index < -0.39 is 0 Å². The van der Waals surface area contributed by atoms with Crippen LogP contribution >= 0.6 is 0 Å². The van der Waals surface area contributed by atoms with Crippen LogP contribution in [0, 0.1) is 17.8 Å². The topological polar surface area (TPSA) is 9.23 Å². The molecule has 0 saturated heterocycles. The summed E-state index contributed by atoms with van der Waals surface area (Å²) in [6.07, 6.45) is 11.9. The number of hydrogen-bond donors (Lipinski definition) is 0. The molecule has 154 valence electrons. The second-order valence-corrected chi connectivity index (χ2v) is 8.46. The molecular formula is C28H36O. The van der Waals surface area contributed by atoms with Gasteiger partial charge in [-0.15, -0.1) is 0 Å². The van der Waals surface area contributed by atoms with Gasteiger partial charge in [0.15, 0.2) is 0 Å². The van der Waals surface area contributed by atoms with Crippen LogP contribution in [0.25, 0.3) is 0 Å². The Bertz CT molecular complexity index is 768. The van der Waals surface area contributed by atoms with Gasteiger partial charge in [0.25, 0.3) is 0 Å². The third-order valence-corrected chi connectivity index (χ3v) is 6.17. The first-order chi connectivity index (χ1) is 14.3. The molecule has 0 radical (unpaired) electrons. The molecule has 0 bridgehead atoms. The van der Waals surface area contributed by atoms with Crippen molar-refractivity contribution in [1.29, 1.82) is 0 Å².